The standard InChI is InChI=1S/C20H27N3O3/c1-22(9-10-26-2)14-20(25)23-12-16(19(24)13-23)11-17-8-7-15-5-3-4-6-18(15)21-17/h3-8,16,19,24H,9-14H2,1-2H3/t16-,19-/m1/s1. The quantitative estimate of drug-likeness (QED) is 0.806. The molecule has 1 N–H and O–H groups in total. The summed E-state index contributed by atoms with van der Waals surface area (Å²) in [5.74, 6) is 0.0773. The van der Waals surface area contributed by atoms with Gasteiger partial charge in [-0.1, -0.05) is 24.3 Å². The molecular formula is C20H27N3O3. The summed E-state index contributed by atoms with van der Waals surface area (Å²) in [6.45, 7) is 2.63. The molecule has 1 saturated heterocycles. The summed E-state index contributed by atoms with van der Waals surface area (Å²) in [5, 5.41) is 11.5. The van der Waals surface area contributed by atoms with Crippen molar-refractivity contribution in [2.75, 3.05) is 46.9 Å². The van der Waals surface area contributed by atoms with Crippen LogP contribution in [0.2, 0.25) is 0 Å². The Bertz CT molecular complexity index is 752. The largest absolute Gasteiger partial charge is 0.391 e. The number of aromatic nitrogens is 1. The van der Waals surface area contributed by atoms with Gasteiger partial charge in [-0.2, -0.15) is 0 Å². The van der Waals surface area contributed by atoms with Gasteiger partial charge in [0.1, 0.15) is 0 Å². The number of fused-ring (bicyclic) bond motifs is 1. The predicted molar refractivity (Wildman–Crippen MR) is 101 cm³/mol. The number of methoxy groups -OCH3 is 1. The summed E-state index contributed by atoms with van der Waals surface area (Å²) in [6.07, 6.45) is 0.173. The number of likely N-dealkylation sites (N-methyl/N-ethyl adjacent to an activating group) is 1. The number of benzene rings is 1. The van der Waals surface area contributed by atoms with Crippen molar-refractivity contribution in [3.63, 3.8) is 0 Å². The number of aliphatic hydroxyl groups excluding tert-OH is 1. The third-order valence-corrected chi connectivity index (χ3v) is 4.97. The molecule has 2 heterocycles. The van der Waals surface area contributed by atoms with Gasteiger partial charge in [0.15, 0.2) is 0 Å². The van der Waals surface area contributed by atoms with Crippen molar-refractivity contribution in [3.05, 3.63) is 42.1 Å². The smallest absolute Gasteiger partial charge is 0.236 e. The number of pyridine rings is 1. The van der Waals surface area contributed by atoms with Crippen molar-refractivity contribution < 1.29 is 14.6 Å². The number of hydrogen-bond donors (Lipinski definition) is 1. The van der Waals surface area contributed by atoms with Crippen LogP contribution in [-0.2, 0) is 16.0 Å². The number of β-amino-alcohol motifs (C(OH)–C–C–N with tert-alkyl or cyclic N) is 1. The van der Waals surface area contributed by atoms with E-state index in [2.05, 4.69) is 11.1 Å². The van der Waals surface area contributed by atoms with Crippen LogP contribution in [0.4, 0.5) is 0 Å². The minimum atomic E-state index is -0.503. The summed E-state index contributed by atoms with van der Waals surface area (Å²) >= 11 is 0. The highest BCUT2D eigenvalue weighted by molar-refractivity contribution is 5.79. The third kappa shape index (κ3) is 4.58. The van der Waals surface area contributed by atoms with Gasteiger partial charge in [-0.3, -0.25) is 14.7 Å². The summed E-state index contributed by atoms with van der Waals surface area (Å²) in [6, 6.07) is 12.1. The molecule has 2 atom stereocenters. The molecule has 0 saturated carbocycles. The molecule has 1 aliphatic heterocycles. The van der Waals surface area contributed by atoms with E-state index in [1.54, 1.807) is 12.0 Å². The topological polar surface area (TPSA) is 65.9 Å². The zero-order valence-electron chi connectivity index (χ0n) is 15.5. The average Bonchev–Trinajstić information content (AvgIpc) is 3.00. The minimum Gasteiger partial charge on any atom is -0.391 e. The second kappa shape index (κ2) is 8.58. The highest BCUT2D eigenvalue weighted by atomic mass is 16.5. The van der Waals surface area contributed by atoms with E-state index in [-0.39, 0.29) is 11.8 Å². The Kier molecular flexibility index (Phi) is 6.19. The molecule has 6 nitrogen and oxygen atoms in total. The van der Waals surface area contributed by atoms with E-state index < -0.39 is 6.10 Å². The van der Waals surface area contributed by atoms with E-state index in [9.17, 15) is 9.90 Å². The van der Waals surface area contributed by atoms with Gasteiger partial charge < -0.3 is 14.7 Å². The van der Waals surface area contributed by atoms with Crippen molar-refractivity contribution in [2.24, 2.45) is 5.92 Å². The number of rotatable bonds is 7. The number of ether oxygens (including phenoxy) is 1. The van der Waals surface area contributed by atoms with Gasteiger partial charge in [0.2, 0.25) is 5.91 Å². The summed E-state index contributed by atoms with van der Waals surface area (Å²) < 4.78 is 5.04. The zero-order valence-corrected chi connectivity index (χ0v) is 15.5. The highest BCUT2D eigenvalue weighted by Crippen LogP contribution is 2.22. The number of carbonyl (C=O) groups excluding carboxylic acids is 1. The zero-order chi connectivity index (χ0) is 18.5. The molecule has 1 amide bonds. The molecule has 140 valence electrons. The molecule has 0 radical (unpaired) electrons. The molecule has 26 heavy (non-hydrogen) atoms. The van der Waals surface area contributed by atoms with Crippen LogP contribution >= 0.6 is 0 Å². The van der Waals surface area contributed by atoms with Crippen LogP contribution < -0.4 is 0 Å². The fraction of sp³-hybridized carbons (Fsp3) is 0.500. The number of carbonyl (C=O) groups is 1. The van der Waals surface area contributed by atoms with Crippen molar-refractivity contribution in [3.8, 4) is 0 Å². The van der Waals surface area contributed by atoms with E-state index in [1.807, 2.05) is 42.3 Å². The van der Waals surface area contributed by atoms with Crippen LogP contribution in [0.1, 0.15) is 5.69 Å². The number of aliphatic hydroxyl groups is 1. The van der Waals surface area contributed by atoms with Gasteiger partial charge in [-0.05, 0) is 25.6 Å². The van der Waals surface area contributed by atoms with Crippen molar-refractivity contribution in [1.29, 1.82) is 0 Å². The van der Waals surface area contributed by atoms with Crippen LogP contribution in [0.25, 0.3) is 10.9 Å². The molecule has 1 fully saturated rings. The Morgan fingerprint density at radius 2 is 2.12 bits per heavy atom. The Balaban J connectivity index is 1.58. The maximum atomic E-state index is 12.5. The lowest BCUT2D eigenvalue weighted by molar-refractivity contribution is -0.131. The molecule has 1 aromatic heterocycles. The number of nitrogens with zero attached hydrogens (tertiary/aromatic N) is 3. The van der Waals surface area contributed by atoms with Crippen LogP contribution in [0.5, 0.6) is 0 Å². The molecule has 0 spiro atoms. The lowest BCUT2D eigenvalue weighted by atomic mass is 9.99. The van der Waals surface area contributed by atoms with Gasteiger partial charge in [0.25, 0.3) is 0 Å². The number of amides is 1. The maximum absolute atomic E-state index is 12.5. The maximum Gasteiger partial charge on any atom is 0.236 e. The van der Waals surface area contributed by atoms with Crippen molar-refractivity contribution in [2.45, 2.75) is 12.5 Å². The van der Waals surface area contributed by atoms with Crippen LogP contribution in [-0.4, -0.2) is 78.8 Å². The monoisotopic (exact) mass is 357 g/mol. The molecule has 1 aromatic carbocycles. The van der Waals surface area contributed by atoms with Gasteiger partial charge >= 0.3 is 0 Å². The molecular weight excluding hydrogens is 330 g/mol. The lowest BCUT2D eigenvalue weighted by Crippen LogP contribution is -2.39. The first-order chi connectivity index (χ1) is 12.6. The Hall–Kier alpha value is -2.02. The number of para-hydroxylation sites is 1. The Morgan fingerprint density at radius 3 is 2.92 bits per heavy atom. The summed E-state index contributed by atoms with van der Waals surface area (Å²) in [5.41, 5.74) is 1.92. The highest BCUT2D eigenvalue weighted by Gasteiger charge is 2.34. The van der Waals surface area contributed by atoms with Gasteiger partial charge in [-0.25, -0.2) is 0 Å². The molecule has 6 heteroatoms. The Morgan fingerprint density at radius 1 is 1.31 bits per heavy atom. The van der Waals surface area contributed by atoms with E-state index in [0.717, 1.165) is 16.6 Å². The van der Waals surface area contributed by atoms with Crippen molar-refractivity contribution >= 4 is 16.8 Å². The van der Waals surface area contributed by atoms with Gasteiger partial charge in [-0.15, -0.1) is 0 Å². The molecule has 1 aliphatic rings. The third-order valence-electron chi connectivity index (χ3n) is 4.97. The minimum absolute atomic E-state index is 0.0249. The van der Waals surface area contributed by atoms with E-state index in [1.165, 1.54) is 0 Å². The molecule has 3 rings (SSSR count). The first-order valence-electron chi connectivity index (χ1n) is 9.05. The van der Waals surface area contributed by atoms with E-state index in [4.69, 9.17) is 4.74 Å². The Labute approximate surface area is 154 Å². The van der Waals surface area contributed by atoms with Crippen molar-refractivity contribution in [1.82, 2.24) is 14.8 Å². The fourth-order valence-electron chi connectivity index (χ4n) is 3.41. The van der Waals surface area contributed by atoms with Crippen LogP contribution in [0.15, 0.2) is 36.4 Å². The first kappa shape index (κ1) is 18.8. The summed E-state index contributed by atoms with van der Waals surface area (Å²) in [4.78, 5) is 20.8. The first-order valence-corrected chi connectivity index (χ1v) is 9.05. The average molecular weight is 357 g/mol. The molecule has 2 aromatic rings. The SMILES string of the molecule is COCCN(C)CC(=O)N1C[C@@H](Cc2ccc3ccccc3n2)[C@H](O)C1. The van der Waals surface area contributed by atoms with Gasteiger partial charge in [0.05, 0.1) is 24.8 Å². The fourth-order valence-corrected chi connectivity index (χ4v) is 3.41. The van der Waals surface area contributed by atoms with Gasteiger partial charge in [0, 0.05) is 43.7 Å². The van der Waals surface area contributed by atoms with E-state index >= 15 is 0 Å². The second-order valence-corrected chi connectivity index (χ2v) is 7.06. The molecule has 0 bridgehead atoms. The molecule has 0 unspecified atom stereocenters. The number of hydrogen-bond acceptors (Lipinski definition) is 5. The van der Waals surface area contributed by atoms with Crippen LogP contribution in [0, 0.1) is 5.92 Å². The second-order valence-electron chi connectivity index (χ2n) is 7.06. The van der Waals surface area contributed by atoms with Crippen LogP contribution in [0.3, 0.4) is 0 Å². The normalized spacial score (nSPS) is 20.2. The predicted octanol–water partition coefficient (Wildman–Crippen LogP) is 1.17. The van der Waals surface area contributed by atoms with E-state index in [0.29, 0.717) is 39.2 Å². The summed E-state index contributed by atoms with van der Waals surface area (Å²) in [7, 11) is 3.55. The number of likely N-dealkylation sites (tertiary alicyclic amines) is 1. The lowest BCUT2D eigenvalue weighted by Gasteiger charge is -2.21. The molecule has 0 aliphatic carbocycles.